The van der Waals surface area contributed by atoms with Gasteiger partial charge < -0.3 is 9.72 Å². The molecule has 1 saturated heterocycles. The first-order chi connectivity index (χ1) is 14.6. The first-order valence-electron chi connectivity index (χ1n) is 10.1. The highest BCUT2D eigenvalue weighted by Crippen LogP contribution is 2.37. The highest BCUT2D eigenvalue weighted by molar-refractivity contribution is 5.77. The molecule has 0 spiro atoms. The van der Waals surface area contributed by atoms with E-state index in [0.717, 1.165) is 37.9 Å². The van der Waals surface area contributed by atoms with Gasteiger partial charge in [0, 0.05) is 42.9 Å². The molecular weight excluding hydrogens is 383 g/mol. The van der Waals surface area contributed by atoms with Crippen LogP contribution in [-0.2, 0) is 0 Å². The van der Waals surface area contributed by atoms with Crippen LogP contribution in [-0.4, -0.2) is 45.1 Å². The van der Waals surface area contributed by atoms with Crippen molar-refractivity contribution >= 4 is 10.9 Å². The van der Waals surface area contributed by atoms with Gasteiger partial charge in [-0.25, -0.2) is 14.4 Å². The number of H-pyrrole nitrogens is 1. The van der Waals surface area contributed by atoms with Crippen molar-refractivity contribution in [2.24, 2.45) is 0 Å². The minimum atomic E-state index is -0.430. The molecular formula is C23H21FN4O2. The lowest BCUT2D eigenvalue weighted by molar-refractivity contribution is -0.0100. The van der Waals surface area contributed by atoms with Gasteiger partial charge in [0.2, 0.25) is 5.88 Å². The summed E-state index contributed by atoms with van der Waals surface area (Å²) < 4.78 is 19.3. The van der Waals surface area contributed by atoms with Gasteiger partial charge in [0.15, 0.2) is 0 Å². The average molecular weight is 404 g/mol. The van der Waals surface area contributed by atoms with Crippen LogP contribution >= 0.6 is 0 Å². The second-order valence-electron chi connectivity index (χ2n) is 8.00. The number of halogens is 1. The lowest BCUT2D eigenvalue weighted by atomic mass is 10.0. The Balaban J connectivity index is 1.20. The van der Waals surface area contributed by atoms with Crippen molar-refractivity contribution in [3.05, 3.63) is 64.1 Å². The molecule has 1 N–H and O–H groups in total. The number of nitrogens with one attached hydrogen (secondary N) is 1. The number of pyridine rings is 1. The summed E-state index contributed by atoms with van der Waals surface area (Å²) in [5, 5.41) is 0.292. The van der Waals surface area contributed by atoms with Gasteiger partial charge in [0.25, 0.3) is 5.56 Å². The summed E-state index contributed by atoms with van der Waals surface area (Å²) in [5.74, 6) is 3.61. The Bertz CT molecular complexity index is 1180. The molecule has 2 atom stereocenters. The summed E-state index contributed by atoms with van der Waals surface area (Å²) >= 11 is 0. The topological polar surface area (TPSA) is 71.1 Å². The molecule has 3 heterocycles. The maximum absolute atomic E-state index is 13.4. The molecule has 0 amide bonds. The highest BCUT2D eigenvalue weighted by atomic mass is 19.1. The predicted octanol–water partition coefficient (Wildman–Crippen LogP) is 2.84. The Hall–Kier alpha value is -3.24. The average Bonchev–Trinajstić information content (AvgIpc) is 3.21. The van der Waals surface area contributed by atoms with Crippen molar-refractivity contribution in [1.29, 1.82) is 0 Å². The van der Waals surface area contributed by atoms with Gasteiger partial charge in [-0.05, 0) is 43.5 Å². The number of aromatic amines is 1. The van der Waals surface area contributed by atoms with Crippen molar-refractivity contribution in [3.63, 3.8) is 0 Å². The molecule has 1 aliphatic heterocycles. The number of benzene rings is 1. The smallest absolute Gasteiger partial charge is 0.258 e. The third kappa shape index (κ3) is 3.55. The molecule has 3 aromatic rings. The van der Waals surface area contributed by atoms with E-state index in [1.165, 1.54) is 12.1 Å². The zero-order valence-electron chi connectivity index (χ0n) is 16.3. The third-order valence-electron chi connectivity index (χ3n) is 6.06. The fraction of sp³-hybridized carbons (Fsp3) is 0.348. The summed E-state index contributed by atoms with van der Waals surface area (Å²) in [5.41, 5.74) is 0.998. The van der Waals surface area contributed by atoms with Crippen LogP contribution in [0.1, 0.15) is 36.6 Å². The van der Waals surface area contributed by atoms with Crippen LogP contribution in [0.15, 0.2) is 41.3 Å². The zero-order chi connectivity index (χ0) is 20.7. The Morgan fingerprint density at radius 3 is 2.87 bits per heavy atom. The molecule has 152 valence electrons. The Morgan fingerprint density at radius 2 is 2.10 bits per heavy atom. The molecule has 30 heavy (non-hydrogen) atoms. The molecule has 2 fully saturated rings. The lowest BCUT2D eigenvalue weighted by Crippen LogP contribution is -2.57. The Morgan fingerprint density at radius 1 is 1.23 bits per heavy atom. The number of likely N-dealkylation sites (tertiary alicyclic amines) is 1. The van der Waals surface area contributed by atoms with E-state index in [2.05, 4.69) is 25.8 Å². The van der Waals surface area contributed by atoms with Crippen molar-refractivity contribution in [2.45, 2.75) is 37.3 Å². The summed E-state index contributed by atoms with van der Waals surface area (Å²) in [7, 11) is 0. The fourth-order valence-corrected chi connectivity index (χ4v) is 4.41. The van der Waals surface area contributed by atoms with Crippen molar-refractivity contribution in [3.8, 4) is 18.2 Å². The number of fused-ring (bicyclic) bond motifs is 1. The van der Waals surface area contributed by atoms with Crippen molar-refractivity contribution < 1.29 is 9.13 Å². The van der Waals surface area contributed by atoms with E-state index in [4.69, 9.17) is 11.2 Å². The fourth-order valence-electron chi connectivity index (χ4n) is 4.41. The molecule has 6 nitrogen and oxygen atoms in total. The maximum Gasteiger partial charge on any atom is 0.258 e. The summed E-state index contributed by atoms with van der Waals surface area (Å²) in [4.78, 5) is 26.5. The second kappa shape index (κ2) is 7.54. The van der Waals surface area contributed by atoms with E-state index in [0.29, 0.717) is 28.6 Å². The minimum Gasteiger partial charge on any atom is -0.472 e. The van der Waals surface area contributed by atoms with E-state index in [1.807, 2.05) is 6.07 Å². The van der Waals surface area contributed by atoms with Gasteiger partial charge >= 0.3 is 0 Å². The normalized spacial score (nSPS) is 22.0. The number of nitrogens with zero attached hydrogens (tertiary/aromatic N) is 3. The van der Waals surface area contributed by atoms with Gasteiger partial charge in [-0.2, -0.15) is 0 Å². The molecule has 1 aromatic carbocycles. The van der Waals surface area contributed by atoms with Crippen LogP contribution < -0.4 is 10.3 Å². The molecule has 0 radical (unpaired) electrons. The SMILES string of the molecule is C#Cc1ccc(OC2CN([C@H]3CC[C@@H](c4nc5ccc(F)cc5c(=O)[nH]4)C3)C2)nc1. The second-order valence-corrected chi connectivity index (χ2v) is 8.00. The quantitative estimate of drug-likeness (QED) is 0.677. The van der Waals surface area contributed by atoms with Gasteiger partial charge in [0.05, 0.1) is 10.9 Å². The standard InChI is InChI=1S/C23H21FN4O2/c1-2-14-3-8-21(25-11-14)30-18-12-28(13-18)17-6-4-15(9-17)22-26-20-7-5-16(24)10-19(20)23(29)27-22/h1,3,5,7-8,10-11,15,17-18H,4,6,9,12-13H2,(H,26,27,29)/t15-,17+/m1/s1. The zero-order valence-corrected chi connectivity index (χ0v) is 16.3. The van der Waals surface area contributed by atoms with Crippen molar-refractivity contribution in [2.75, 3.05) is 13.1 Å². The third-order valence-corrected chi connectivity index (χ3v) is 6.06. The van der Waals surface area contributed by atoms with Crippen LogP contribution in [0.4, 0.5) is 4.39 Å². The molecule has 0 unspecified atom stereocenters. The monoisotopic (exact) mass is 404 g/mol. The highest BCUT2D eigenvalue weighted by Gasteiger charge is 2.38. The van der Waals surface area contributed by atoms with Crippen LogP contribution in [0.25, 0.3) is 10.9 Å². The van der Waals surface area contributed by atoms with Gasteiger partial charge in [-0.1, -0.05) is 5.92 Å². The number of rotatable bonds is 4. The largest absolute Gasteiger partial charge is 0.472 e. The van der Waals surface area contributed by atoms with Gasteiger partial charge in [-0.15, -0.1) is 6.42 Å². The van der Waals surface area contributed by atoms with E-state index in [1.54, 1.807) is 18.3 Å². The number of hydrogen-bond acceptors (Lipinski definition) is 5. The predicted molar refractivity (Wildman–Crippen MR) is 111 cm³/mol. The van der Waals surface area contributed by atoms with E-state index in [9.17, 15) is 9.18 Å². The number of hydrogen-bond donors (Lipinski definition) is 1. The maximum atomic E-state index is 13.4. The molecule has 0 bridgehead atoms. The number of terminal acetylenes is 1. The molecule has 7 heteroatoms. The molecule has 2 aliphatic rings. The first kappa shape index (κ1) is 18.8. The summed E-state index contributed by atoms with van der Waals surface area (Å²) in [6, 6.07) is 8.21. The van der Waals surface area contributed by atoms with Crippen molar-refractivity contribution in [1.82, 2.24) is 19.9 Å². The Kier molecular flexibility index (Phi) is 4.72. The number of ether oxygens (including phenoxy) is 1. The van der Waals surface area contributed by atoms with Crippen LogP contribution in [0, 0.1) is 18.2 Å². The Labute approximate surface area is 173 Å². The summed E-state index contributed by atoms with van der Waals surface area (Å²) in [6.07, 6.45) is 10.1. The summed E-state index contributed by atoms with van der Waals surface area (Å²) in [6.45, 7) is 1.72. The van der Waals surface area contributed by atoms with Crippen LogP contribution in [0.3, 0.4) is 0 Å². The molecule has 2 aromatic heterocycles. The molecule has 1 saturated carbocycles. The van der Waals surface area contributed by atoms with Crippen LogP contribution in [0.5, 0.6) is 5.88 Å². The molecule has 5 rings (SSSR count). The molecule has 1 aliphatic carbocycles. The lowest BCUT2D eigenvalue weighted by Gasteiger charge is -2.42. The minimum absolute atomic E-state index is 0.127. The van der Waals surface area contributed by atoms with Gasteiger partial charge in [0.1, 0.15) is 17.7 Å². The van der Waals surface area contributed by atoms with E-state index < -0.39 is 5.82 Å². The van der Waals surface area contributed by atoms with Gasteiger partial charge in [-0.3, -0.25) is 9.69 Å². The first-order valence-corrected chi connectivity index (χ1v) is 10.1. The van der Waals surface area contributed by atoms with Crippen LogP contribution in [0.2, 0.25) is 0 Å². The van der Waals surface area contributed by atoms with E-state index >= 15 is 0 Å². The number of aromatic nitrogens is 3. The van der Waals surface area contributed by atoms with E-state index in [-0.39, 0.29) is 17.6 Å².